The van der Waals surface area contributed by atoms with Gasteiger partial charge in [-0.05, 0) is 44.0 Å². The molecule has 0 unspecified atom stereocenters. The second-order valence-corrected chi connectivity index (χ2v) is 5.75. The molecule has 0 atom stereocenters. The molecule has 0 aliphatic heterocycles. The molecule has 0 aliphatic rings. The molecule has 114 valence electrons. The van der Waals surface area contributed by atoms with Gasteiger partial charge >= 0.3 is 0 Å². The summed E-state index contributed by atoms with van der Waals surface area (Å²) in [7, 11) is 0. The first-order chi connectivity index (χ1) is 10.3. The van der Waals surface area contributed by atoms with Crippen molar-refractivity contribution in [3.05, 3.63) is 30.1 Å². The molecule has 1 aromatic carbocycles. The standard InChI is InChI=1S/C15H20FN3OS/c1-2-19-14(12-6-8-13(16)9-7-12)17-18-15(19)21-11-5-3-4-10-20/h6-9,20H,2-5,10-11H2,1H3. The van der Waals surface area contributed by atoms with E-state index in [0.29, 0.717) is 0 Å². The molecule has 6 heteroatoms. The summed E-state index contributed by atoms with van der Waals surface area (Å²) >= 11 is 1.67. The molecule has 0 amide bonds. The van der Waals surface area contributed by atoms with E-state index >= 15 is 0 Å². The van der Waals surface area contributed by atoms with Crippen molar-refractivity contribution in [3.8, 4) is 11.4 Å². The maximum absolute atomic E-state index is 13.0. The molecule has 0 saturated heterocycles. The quantitative estimate of drug-likeness (QED) is 0.600. The van der Waals surface area contributed by atoms with Crippen LogP contribution in [0.25, 0.3) is 11.4 Å². The average Bonchev–Trinajstić information content (AvgIpc) is 2.90. The van der Waals surface area contributed by atoms with E-state index in [4.69, 9.17) is 5.11 Å². The maximum atomic E-state index is 13.0. The van der Waals surface area contributed by atoms with Gasteiger partial charge in [-0.3, -0.25) is 0 Å². The first-order valence-electron chi connectivity index (χ1n) is 7.19. The Balaban J connectivity index is 2.05. The number of aliphatic hydroxyl groups is 1. The zero-order valence-corrected chi connectivity index (χ0v) is 12.9. The molecule has 1 N–H and O–H groups in total. The predicted octanol–water partition coefficient (Wildman–Crippen LogP) is 3.36. The molecular weight excluding hydrogens is 289 g/mol. The van der Waals surface area contributed by atoms with E-state index in [0.717, 1.165) is 48.1 Å². The van der Waals surface area contributed by atoms with E-state index in [9.17, 15) is 4.39 Å². The molecule has 0 radical (unpaired) electrons. The van der Waals surface area contributed by atoms with Crippen molar-refractivity contribution in [3.63, 3.8) is 0 Å². The number of unbranched alkanes of at least 4 members (excludes halogenated alkanes) is 2. The van der Waals surface area contributed by atoms with Gasteiger partial charge in [0.05, 0.1) is 0 Å². The van der Waals surface area contributed by atoms with Gasteiger partial charge in [0.1, 0.15) is 5.82 Å². The fraction of sp³-hybridized carbons (Fsp3) is 0.467. The number of aliphatic hydroxyl groups excluding tert-OH is 1. The SMILES string of the molecule is CCn1c(SCCCCCO)nnc1-c1ccc(F)cc1. The summed E-state index contributed by atoms with van der Waals surface area (Å²) in [5.74, 6) is 1.48. The lowest BCUT2D eigenvalue weighted by molar-refractivity contribution is 0.284. The van der Waals surface area contributed by atoms with Crippen LogP contribution in [-0.4, -0.2) is 32.2 Å². The summed E-state index contributed by atoms with van der Waals surface area (Å²) in [6, 6.07) is 6.32. The zero-order valence-electron chi connectivity index (χ0n) is 12.1. The smallest absolute Gasteiger partial charge is 0.191 e. The lowest BCUT2D eigenvalue weighted by Gasteiger charge is -2.07. The largest absolute Gasteiger partial charge is 0.396 e. The van der Waals surface area contributed by atoms with E-state index < -0.39 is 0 Å². The summed E-state index contributed by atoms with van der Waals surface area (Å²) < 4.78 is 15.0. The Morgan fingerprint density at radius 1 is 1.14 bits per heavy atom. The Kier molecular flexibility index (Phi) is 6.20. The van der Waals surface area contributed by atoms with Crippen molar-refractivity contribution in [1.82, 2.24) is 14.8 Å². The van der Waals surface area contributed by atoms with Crippen molar-refractivity contribution in [2.45, 2.75) is 37.9 Å². The molecule has 0 saturated carbocycles. The molecule has 1 aromatic heterocycles. The minimum atomic E-state index is -0.250. The van der Waals surface area contributed by atoms with Crippen LogP contribution < -0.4 is 0 Å². The Labute approximate surface area is 128 Å². The monoisotopic (exact) mass is 309 g/mol. The number of thioether (sulfide) groups is 1. The summed E-state index contributed by atoms with van der Waals surface area (Å²) in [6.07, 6.45) is 2.92. The predicted molar refractivity (Wildman–Crippen MR) is 82.8 cm³/mol. The highest BCUT2D eigenvalue weighted by Crippen LogP contribution is 2.24. The van der Waals surface area contributed by atoms with Crippen LogP contribution in [0.1, 0.15) is 26.2 Å². The Hall–Kier alpha value is -1.40. The number of hydrogen-bond donors (Lipinski definition) is 1. The number of halogens is 1. The number of hydrogen-bond acceptors (Lipinski definition) is 4. The van der Waals surface area contributed by atoms with Crippen LogP contribution in [0.4, 0.5) is 4.39 Å². The lowest BCUT2D eigenvalue weighted by atomic mass is 10.2. The van der Waals surface area contributed by atoms with Gasteiger partial charge in [-0.25, -0.2) is 4.39 Å². The number of benzene rings is 1. The second kappa shape index (κ2) is 8.14. The van der Waals surface area contributed by atoms with Gasteiger partial charge < -0.3 is 9.67 Å². The summed E-state index contributed by atoms with van der Waals surface area (Å²) in [4.78, 5) is 0. The molecule has 0 aliphatic carbocycles. The first kappa shape index (κ1) is 16.0. The third-order valence-corrected chi connectivity index (χ3v) is 4.22. The van der Waals surface area contributed by atoms with E-state index in [2.05, 4.69) is 10.2 Å². The first-order valence-corrected chi connectivity index (χ1v) is 8.17. The minimum absolute atomic E-state index is 0.250. The molecule has 1 heterocycles. The van der Waals surface area contributed by atoms with Crippen molar-refractivity contribution in [2.24, 2.45) is 0 Å². The summed E-state index contributed by atoms with van der Waals surface area (Å²) in [5.41, 5.74) is 0.873. The number of aromatic nitrogens is 3. The average molecular weight is 309 g/mol. The Morgan fingerprint density at radius 3 is 2.57 bits per heavy atom. The number of nitrogens with zero attached hydrogens (tertiary/aromatic N) is 3. The molecule has 0 spiro atoms. The molecule has 4 nitrogen and oxygen atoms in total. The molecule has 0 bridgehead atoms. The third-order valence-electron chi connectivity index (χ3n) is 3.17. The van der Waals surface area contributed by atoms with Gasteiger partial charge in [0, 0.05) is 24.5 Å². The molecule has 2 aromatic rings. The van der Waals surface area contributed by atoms with Crippen LogP contribution in [0, 0.1) is 5.82 Å². The molecular formula is C15H20FN3OS. The topological polar surface area (TPSA) is 50.9 Å². The maximum Gasteiger partial charge on any atom is 0.191 e. The van der Waals surface area contributed by atoms with Gasteiger partial charge in [-0.15, -0.1) is 10.2 Å². The van der Waals surface area contributed by atoms with Gasteiger partial charge in [0.15, 0.2) is 11.0 Å². The summed E-state index contributed by atoms with van der Waals surface area (Å²) in [5, 5.41) is 18.1. The van der Waals surface area contributed by atoms with Gasteiger partial charge in [-0.2, -0.15) is 0 Å². The van der Waals surface area contributed by atoms with Crippen molar-refractivity contribution < 1.29 is 9.50 Å². The fourth-order valence-electron chi connectivity index (χ4n) is 2.05. The van der Waals surface area contributed by atoms with E-state index in [1.54, 1.807) is 23.9 Å². The highest BCUT2D eigenvalue weighted by Gasteiger charge is 2.12. The third kappa shape index (κ3) is 4.28. The van der Waals surface area contributed by atoms with Gasteiger partial charge in [0.25, 0.3) is 0 Å². The molecule has 0 fully saturated rings. The summed E-state index contributed by atoms with van der Waals surface area (Å²) in [6.45, 7) is 3.08. The van der Waals surface area contributed by atoms with Crippen LogP contribution >= 0.6 is 11.8 Å². The highest BCUT2D eigenvalue weighted by molar-refractivity contribution is 7.99. The highest BCUT2D eigenvalue weighted by atomic mass is 32.2. The Morgan fingerprint density at radius 2 is 1.90 bits per heavy atom. The van der Waals surface area contributed by atoms with E-state index in [-0.39, 0.29) is 12.4 Å². The van der Waals surface area contributed by atoms with E-state index in [1.165, 1.54) is 12.1 Å². The van der Waals surface area contributed by atoms with Crippen LogP contribution in [0.2, 0.25) is 0 Å². The van der Waals surface area contributed by atoms with Crippen LogP contribution in [0.3, 0.4) is 0 Å². The molecule has 21 heavy (non-hydrogen) atoms. The van der Waals surface area contributed by atoms with Gasteiger partial charge in [-0.1, -0.05) is 18.2 Å². The minimum Gasteiger partial charge on any atom is -0.396 e. The molecule has 2 rings (SSSR count). The van der Waals surface area contributed by atoms with Crippen molar-refractivity contribution in [1.29, 1.82) is 0 Å². The van der Waals surface area contributed by atoms with Crippen LogP contribution in [0.5, 0.6) is 0 Å². The van der Waals surface area contributed by atoms with Gasteiger partial charge in [0.2, 0.25) is 0 Å². The van der Waals surface area contributed by atoms with E-state index in [1.807, 2.05) is 11.5 Å². The Bertz CT molecular complexity index is 557. The normalized spacial score (nSPS) is 11.0. The fourth-order valence-corrected chi connectivity index (χ4v) is 3.05. The van der Waals surface area contributed by atoms with Crippen LogP contribution in [0.15, 0.2) is 29.4 Å². The second-order valence-electron chi connectivity index (χ2n) is 4.69. The van der Waals surface area contributed by atoms with Crippen LogP contribution in [-0.2, 0) is 6.54 Å². The zero-order chi connectivity index (χ0) is 15.1. The number of rotatable bonds is 8. The van der Waals surface area contributed by atoms with Crippen molar-refractivity contribution in [2.75, 3.05) is 12.4 Å². The van der Waals surface area contributed by atoms with Crippen molar-refractivity contribution >= 4 is 11.8 Å². The lowest BCUT2D eigenvalue weighted by Crippen LogP contribution is -2.00.